The number of hydrogen-bond donors (Lipinski definition) is 1. The molecule has 2 aliphatic heterocycles. The summed E-state index contributed by atoms with van der Waals surface area (Å²) in [6.45, 7) is 3.31. The maximum absolute atomic E-state index is 12.2. The highest BCUT2D eigenvalue weighted by atomic mass is 16.2. The molecule has 3 rings (SSSR count). The van der Waals surface area contributed by atoms with Gasteiger partial charge < -0.3 is 10.6 Å². The van der Waals surface area contributed by atoms with Gasteiger partial charge in [0.2, 0.25) is 5.91 Å². The molecule has 3 aliphatic rings. The molecular formula is C14H24N2O. The lowest BCUT2D eigenvalue weighted by Crippen LogP contribution is -2.58. The SMILES string of the molecule is C[C@H]1[C@H](N)CC[C@]23CCCN2C(=O)CCC[C@H]13. The average molecular weight is 236 g/mol. The fourth-order valence-corrected chi connectivity index (χ4v) is 4.71. The van der Waals surface area contributed by atoms with E-state index >= 15 is 0 Å². The van der Waals surface area contributed by atoms with E-state index in [2.05, 4.69) is 11.8 Å². The summed E-state index contributed by atoms with van der Waals surface area (Å²) in [7, 11) is 0. The van der Waals surface area contributed by atoms with Crippen molar-refractivity contribution in [3.63, 3.8) is 0 Å². The summed E-state index contributed by atoms with van der Waals surface area (Å²) >= 11 is 0. The largest absolute Gasteiger partial charge is 0.337 e. The molecule has 96 valence electrons. The molecule has 0 bridgehead atoms. The molecule has 2 N–H and O–H groups in total. The van der Waals surface area contributed by atoms with E-state index in [-0.39, 0.29) is 5.54 Å². The third-order valence-electron chi connectivity index (χ3n) is 5.65. The fraction of sp³-hybridized carbons (Fsp3) is 0.929. The minimum atomic E-state index is 0.197. The van der Waals surface area contributed by atoms with Crippen molar-refractivity contribution in [1.82, 2.24) is 4.90 Å². The lowest BCUT2D eigenvalue weighted by molar-refractivity contribution is -0.138. The van der Waals surface area contributed by atoms with E-state index in [0.29, 0.717) is 23.8 Å². The fourth-order valence-electron chi connectivity index (χ4n) is 4.71. The van der Waals surface area contributed by atoms with Crippen molar-refractivity contribution >= 4 is 5.91 Å². The molecule has 0 radical (unpaired) electrons. The Balaban J connectivity index is 1.98. The Morgan fingerprint density at radius 3 is 2.94 bits per heavy atom. The van der Waals surface area contributed by atoms with Gasteiger partial charge in [-0.3, -0.25) is 4.79 Å². The highest BCUT2D eigenvalue weighted by Crippen LogP contribution is 2.51. The van der Waals surface area contributed by atoms with Gasteiger partial charge >= 0.3 is 0 Å². The second-order valence-corrected chi connectivity index (χ2v) is 6.31. The van der Waals surface area contributed by atoms with E-state index in [1.54, 1.807) is 0 Å². The first-order valence-electron chi connectivity index (χ1n) is 7.21. The molecule has 17 heavy (non-hydrogen) atoms. The first-order chi connectivity index (χ1) is 8.15. The first-order valence-corrected chi connectivity index (χ1v) is 7.21. The van der Waals surface area contributed by atoms with Crippen molar-refractivity contribution in [2.24, 2.45) is 17.6 Å². The van der Waals surface area contributed by atoms with Crippen LogP contribution in [-0.2, 0) is 4.79 Å². The van der Waals surface area contributed by atoms with Crippen LogP contribution in [0.25, 0.3) is 0 Å². The number of hydrogen-bond acceptors (Lipinski definition) is 2. The van der Waals surface area contributed by atoms with E-state index in [9.17, 15) is 4.79 Å². The van der Waals surface area contributed by atoms with Crippen molar-refractivity contribution in [3.05, 3.63) is 0 Å². The van der Waals surface area contributed by atoms with Gasteiger partial charge in [-0.2, -0.15) is 0 Å². The molecule has 4 atom stereocenters. The van der Waals surface area contributed by atoms with Gasteiger partial charge in [-0.15, -0.1) is 0 Å². The van der Waals surface area contributed by atoms with E-state index < -0.39 is 0 Å². The van der Waals surface area contributed by atoms with Crippen LogP contribution >= 0.6 is 0 Å². The molecule has 3 heteroatoms. The summed E-state index contributed by atoms with van der Waals surface area (Å²) in [5.41, 5.74) is 6.44. The Bertz CT molecular complexity index is 330. The van der Waals surface area contributed by atoms with Gasteiger partial charge in [-0.1, -0.05) is 6.92 Å². The number of carbonyl (C=O) groups excluding carboxylic acids is 1. The lowest BCUT2D eigenvalue weighted by atomic mass is 9.63. The van der Waals surface area contributed by atoms with E-state index in [4.69, 9.17) is 5.73 Å². The molecule has 1 spiro atoms. The van der Waals surface area contributed by atoms with Gasteiger partial charge in [0.05, 0.1) is 0 Å². The summed E-state index contributed by atoms with van der Waals surface area (Å²) in [5.74, 6) is 1.64. The van der Waals surface area contributed by atoms with Crippen LogP contribution in [0.2, 0.25) is 0 Å². The molecule has 0 unspecified atom stereocenters. The predicted molar refractivity (Wildman–Crippen MR) is 67.4 cm³/mol. The van der Waals surface area contributed by atoms with Crippen molar-refractivity contribution in [2.45, 2.75) is 63.5 Å². The Morgan fingerprint density at radius 2 is 2.12 bits per heavy atom. The van der Waals surface area contributed by atoms with Crippen molar-refractivity contribution in [1.29, 1.82) is 0 Å². The van der Waals surface area contributed by atoms with Crippen LogP contribution in [0.15, 0.2) is 0 Å². The topological polar surface area (TPSA) is 46.3 Å². The number of rotatable bonds is 0. The zero-order valence-electron chi connectivity index (χ0n) is 10.8. The second-order valence-electron chi connectivity index (χ2n) is 6.31. The highest BCUT2D eigenvalue weighted by molar-refractivity contribution is 5.78. The highest BCUT2D eigenvalue weighted by Gasteiger charge is 2.54. The standard InChI is InChI=1S/C14H24N2O/c1-10-11-4-2-5-13(17)16-9-3-7-14(11,16)8-6-12(10)15/h10-12H,2-9,15H2,1H3/t10-,11-,12-,14+/m1/s1. The van der Waals surface area contributed by atoms with Crippen LogP contribution in [0.1, 0.15) is 51.9 Å². The van der Waals surface area contributed by atoms with Crippen LogP contribution in [0, 0.1) is 11.8 Å². The summed E-state index contributed by atoms with van der Waals surface area (Å²) in [6, 6.07) is 0.348. The van der Waals surface area contributed by atoms with Crippen molar-refractivity contribution in [2.75, 3.05) is 6.54 Å². The van der Waals surface area contributed by atoms with Crippen LogP contribution in [0.4, 0.5) is 0 Å². The molecule has 3 fully saturated rings. The molecular weight excluding hydrogens is 212 g/mol. The zero-order valence-corrected chi connectivity index (χ0v) is 10.8. The molecule has 0 aromatic carbocycles. The summed E-state index contributed by atoms with van der Waals surface area (Å²) in [5, 5.41) is 0. The second kappa shape index (κ2) is 3.98. The molecule has 2 saturated heterocycles. The number of amides is 1. The van der Waals surface area contributed by atoms with Crippen molar-refractivity contribution in [3.8, 4) is 0 Å². The smallest absolute Gasteiger partial charge is 0.223 e. The quantitative estimate of drug-likeness (QED) is 0.698. The minimum Gasteiger partial charge on any atom is -0.337 e. The molecule has 1 amide bonds. The number of nitrogens with two attached hydrogens (primary N) is 1. The Hall–Kier alpha value is -0.570. The van der Waals surface area contributed by atoms with Gasteiger partial charge in [-0.05, 0) is 50.4 Å². The van der Waals surface area contributed by atoms with Crippen LogP contribution in [0.3, 0.4) is 0 Å². The summed E-state index contributed by atoms with van der Waals surface area (Å²) in [4.78, 5) is 14.5. The molecule has 0 aromatic rings. The number of nitrogens with zero attached hydrogens (tertiary/aromatic N) is 1. The lowest BCUT2D eigenvalue weighted by Gasteiger charge is -2.51. The average Bonchev–Trinajstić information content (AvgIpc) is 2.68. The monoisotopic (exact) mass is 236 g/mol. The molecule has 1 saturated carbocycles. The van der Waals surface area contributed by atoms with Gasteiger partial charge in [0.15, 0.2) is 0 Å². The minimum absolute atomic E-state index is 0.197. The third-order valence-corrected chi connectivity index (χ3v) is 5.65. The van der Waals surface area contributed by atoms with Crippen molar-refractivity contribution < 1.29 is 4.79 Å². The summed E-state index contributed by atoms with van der Waals surface area (Å²) in [6.07, 6.45) is 7.71. The molecule has 3 nitrogen and oxygen atoms in total. The molecule has 1 aliphatic carbocycles. The maximum Gasteiger partial charge on any atom is 0.223 e. The van der Waals surface area contributed by atoms with Gasteiger partial charge in [0.1, 0.15) is 0 Å². The van der Waals surface area contributed by atoms with Crippen LogP contribution < -0.4 is 5.73 Å². The van der Waals surface area contributed by atoms with Gasteiger partial charge in [0.25, 0.3) is 0 Å². The van der Waals surface area contributed by atoms with Crippen LogP contribution in [-0.4, -0.2) is 28.9 Å². The molecule has 2 heterocycles. The Morgan fingerprint density at radius 1 is 1.29 bits per heavy atom. The van der Waals surface area contributed by atoms with Gasteiger partial charge in [0, 0.05) is 24.5 Å². The zero-order chi connectivity index (χ0) is 12.0. The predicted octanol–water partition coefficient (Wildman–Crippen LogP) is 1.90. The van der Waals surface area contributed by atoms with Gasteiger partial charge in [-0.25, -0.2) is 0 Å². The molecule has 0 aromatic heterocycles. The first kappa shape index (κ1) is 11.5. The Labute approximate surface area is 104 Å². The van der Waals surface area contributed by atoms with E-state index in [1.165, 1.54) is 19.3 Å². The number of carbonyl (C=O) groups is 1. The van der Waals surface area contributed by atoms with E-state index in [0.717, 1.165) is 32.2 Å². The third kappa shape index (κ3) is 1.55. The van der Waals surface area contributed by atoms with Crippen LogP contribution in [0.5, 0.6) is 0 Å². The normalized spacial score (nSPS) is 46.4. The summed E-state index contributed by atoms with van der Waals surface area (Å²) < 4.78 is 0. The Kier molecular flexibility index (Phi) is 2.69. The van der Waals surface area contributed by atoms with E-state index in [1.807, 2.05) is 0 Å². The maximum atomic E-state index is 12.2.